The SMILES string of the molecule is Cc1cccc2cc(-c3nc4ccccc4s3)c(=O)oc12. The lowest BCUT2D eigenvalue weighted by atomic mass is 10.1. The summed E-state index contributed by atoms with van der Waals surface area (Å²) >= 11 is 1.51. The molecule has 0 aliphatic rings. The third-order valence-electron chi connectivity index (χ3n) is 3.48. The minimum absolute atomic E-state index is 0.337. The maximum atomic E-state index is 12.3. The highest BCUT2D eigenvalue weighted by Gasteiger charge is 2.13. The topological polar surface area (TPSA) is 43.1 Å². The van der Waals surface area contributed by atoms with Crippen molar-refractivity contribution in [3.05, 3.63) is 64.5 Å². The minimum atomic E-state index is -0.337. The van der Waals surface area contributed by atoms with E-state index in [0.29, 0.717) is 16.2 Å². The molecule has 0 atom stereocenters. The molecule has 0 aliphatic carbocycles. The van der Waals surface area contributed by atoms with Crippen LogP contribution in [0.1, 0.15) is 5.56 Å². The molecule has 0 bridgehead atoms. The normalized spacial score (nSPS) is 11.3. The summed E-state index contributed by atoms with van der Waals surface area (Å²) in [5, 5.41) is 1.62. The number of thiazole rings is 1. The van der Waals surface area contributed by atoms with Crippen molar-refractivity contribution >= 4 is 32.5 Å². The van der Waals surface area contributed by atoms with E-state index >= 15 is 0 Å². The number of benzene rings is 2. The quantitative estimate of drug-likeness (QED) is 0.489. The van der Waals surface area contributed by atoms with Gasteiger partial charge in [0.2, 0.25) is 0 Å². The fourth-order valence-electron chi connectivity index (χ4n) is 2.43. The molecule has 0 unspecified atom stereocenters. The molecule has 0 fully saturated rings. The maximum absolute atomic E-state index is 12.3. The lowest BCUT2D eigenvalue weighted by Crippen LogP contribution is -2.02. The average Bonchev–Trinajstić information content (AvgIpc) is 2.91. The zero-order chi connectivity index (χ0) is 14.4. The largest absolute Gasteiger partial charge is 0.422 e. The van der Waals surface area contributed by atoms with Gasteiger partial charge in [0.25, 0.3) is 0 Å². The van der Waals surface area contributed by atoms with Crippen molar-refractivity contribution in [3.63, 3.8) is 0 Å². The van der Waals surface area contributed by atoms with Gasteiger partial charge in [-0.3, -0.25) is 0 Å². The molecule has 0 aliphatic heterocycles. The zero-order valence-electron chi connectivity index (χ0n) is 11.3. The predicted molar refractivity (Wildman–Crippen MR) is 85.8 cm³/mol. The van der Waals surface area contributed by atoms with Gasteiger partial charge in [-0.1, -0.05) is 30.3 Å². The summed E-state index contributed by atoms with van der Waals surface area (Å²) in [6, 6.07) is 15.6. The van der Waals surface area contributed by atoms with Crippen molar-refractivity contribution in [3.8, 4) is 10.6 Å². The van der Waals surface area contributed by atoms with Crippen LogP contribution in [0.15, 0.2) is 57.7 Å². The van der Waals surface area contributed by atoms with Crippen LogP contribution in [-0.2, 0) is 0 Å². The van der Waals surface area contributed by atoms with Gasteiger partial charge in [-0.15, -0.1) is 11.3 Å². The van der Waals surface area contributed by atoms with Gasteiger partial charge in [-0.2, -0.15) is 0 Å². The van der Waals surface area contributed by atoms with Crippen LogP contribution in [0.4, 0.5) is 0 Å². The van der Waals surface area contributed by atoms with E-state index in [-0.39, 0.29) is 5.63 Å². The number of hydrogen-bond donors (Lipinski definition) is 0. The maximum Gasteiger partial charge on any atom is 0.346 e. The average molecular weight is 293 g/mol. The molecule has 0 radical (unpaired) electrons. The van der Waals surface area contributed by atoms with E-state index in [0.717, 1.165) is 21.2 Å². The summed E-state index contributed by atoms with van der Waals surface area (Å²) in [5.74, 6) is 0. The molecule has 4 heteroatoms. The van der Waals surface area contributed by atoms with Crippen molar-refractivity contribution < 1.29 is 4.42 Å². The third kappa shape index (κ3) is 1.96. The molecule has 102 valence electrons. The van der Waals surface area contributed by atoms with Crippen molar-refractivity contribution in [2.45, 2.75) is 6.92 Å². The van der Waals surface area contributed by atoms with Crippen LogP contribution in [0.25, 0.3) is 31.8 Å². The van der Waals surface area contributed by atoms with Crippen molar-refractivity contribution in [2.75, 3.05) is 0 Å². The first-order chi connectivity index (χ1) is 10.2. The number of hydrogen-bond acceptors (Lipinski definition) is 4. The third-order valence-corrected chi connectivity index (χ3v) is 4.55. The Morgan fingerprint density at radius 3 is 2.81 bits per heavy atom. The fraction of sp³-hybridized carbons (Fsp3) is 0.0588. The summed E-state index contributed by atoms with van der Waals surface area (Å²) in [6.07, 6.45) is 0. The molecule has 0 spiro atoms. The molecule has 2 heterocycles. The molecule has 0 saturated carbocycles. The molecule has 0 N–H and O–H groups in total. The number of aryl methyl sites for hydroxylation is 1. The van der Waals surface area contributed by atoms with E-state index in [1.807, 2.05) is 55.5 Å². The molecule has 4 rings (SSSR count). The first-order valence-electron chi connectivity index (χ1n) is 6.62. The number of rotatable bonds is 1. The van der Waals surface area contributed by atoms with E-state index in [9.17, 15) is 4.79 Å². The van der Waals surface area contributed by atoms with E-state index in [1.54, 1.807) is 0 Å². The van der Waals surface area contributed by atoms with Crippen LogP contribution < -0.4 is 5.63 Å². The molecule has 2 aromatic carbocycles. The van der Waals surface area contributed by atoms with E-state index < -0.39 is 0 Å². The lowest BCUT2D eigenvalue weighted by Gasteiger charge is -2.01. The molecular weight excluding hydrogens is 282 g/mol. The minimum Gasteiger partial charge on any atom is -0.422 e. The Morgan fingerprint density at radius 2 is 1.95 bits per heavy atom. The second-order valence-corrected chi connectivity index (χ2v) is 5.96. The molecule has 0 amide bonds. The molecule has 3 nitrogen and oxygen atoms in total. The van der Waals surface area contributed by atoms with Crippen LogP contribution >= 0.6 is 11.3 Å². The van der Waals surface area contributed by atoms with Crippen molar-refractivity contribution in [1.29, 1.82) is 0 Å². The molecule has 4 aromatic rings. The smallest absolute Gasteiger partial charge is 0.346 e. The van der Waals surface area contributed by atoms with Gasteiger partial charge in [-0.25, -0.2) is 9.78 Å². The van der Waals surface area contributed by atoms with E-state index in [4.69, 9.17) is 4.42 Å². The van der Waals surface area contributed by atoms with Crippen LogP contribution in [0.2, 0.25) is 0 Å². The standard InChI is InChI=1S/C17H11NO2S/c1-10-5-4-6-11-9-12(17(19)20-15(10)11)16-18-13-7-2-3-8-14(13)21-16/h2-9H,1H3. The highest BCUT2D eigenvalue weighted by atomic mass is 32.1. The summed E-state index contributed by atoms with van der Waals surface area (Å²) in [7, 11) is 0. The van der Waals surface area contributed by atoms with Gasteiger partial charge in [0, 0.05) is 5.39 Å². The summed E-state index contributed by atoms with van der Waals surface area (Å²) in [5.41, 5.74) is 2.69. The molecular formula is C17H11NO2S. The van der Waals surface area contributed by atoms with Gasteiger partial charge < -0.3 is 4.42 Å². The van der Waals surface area contributed by atoms with Gasteiger partial charge in [-0.05, 0) is 30.7 Å². The Morgan fingerprint density at radius 1 is 1.10 bits per heavy atom. The Labute approximate surface area is 124 Å². The van der Waals surface area contributed by atoms with Crippen molar-refractivity contribution in [1.82, 2.24) is 4.98 Å². The van der Waals surface area contributed by atoms with Crippen LogP contribution in [-0.4, -0.2) is 4.98 Å². The second-order valence-electron chi connectivity index (χ2n) is 4.93. The molecule has 21 heavy (non-hydrogen) atoms. The number of fused-ring (bicyclic) bond motifs is 2. The lowest BCUT2D eigenvalue weighted by molar-refractivity contribution is 0.561. The monoisotopic (exact) mass is 293 g/mol. The van der Waals surface area contributed by atoms with Crippen LogP contribution in [0.3, 0.4) is 0 Å². The van der Waals surface area contributed by atoms with E-state index in [2.05, 4.69) is 4.98 Å². The highest BCUT2D eigenvalue weighted by Crippen LogP contribution is 2.30. The number of nitrogens with zero attached hydrogens (tertiary/aromatic N) is 1. The Balaban J connectivity index is 2.01. The zero-order valence-corrected chi connectivity index (χ0v) is 12.1. The Bertz CT molecular complexity index is 997. The number of para-hydroxylation sites is 2. The van der Waals surface area contributed by atoms with Gasteiger partial charge in [0.15, 0.2) is 0 Å². The number of aromatic nitrogens is 1. The van der Waals surface area contributed by atoms with Gasteiger partial charge in [0.05, 0.1) is 15.8 Å². The first kappa shape index (κ1) is 12.3. The second kappa shape index (κ2) is 4.53. The Hall–Kier alpha value is -2.46. The summed E-state index contributed by atoms with van der Waals surface area (Å²) in [4.78, 5) is 16.8. The fourth-order valence-corrected chi connectivity index (χ4v) is 3.40. The van der Waals surface area contributed by atoms with Gasteiger partial charge >= 0.3 is 5.63 Å². The van der Waals surface area contributed by atoms with Crippen molar-refractivity contribution in [2.24, 2.45) is 0 Å². The van der Waals surface area contributed by atoms with E-state index in [1.165, 1.54) is 11.3 Å². The van der Waals surface area contributed by atoms with Crippen LogP contribution in [0.5, 0.6) is 0 Å². The summed E-state index contributed by atoms with van der Waals surface area (Å²) < 4.78 is 6.55. The molecule has 2 aromatic heterocycles. The predicted octanol–water partition coefficient (Wildman–Crippen LogP) is 4.38. The van der Waals surface area contributed by atoms with Gasteiger partial charge in [0.1, 0.15) is 10.6 Å². The summed E-state index contributed by atoms with van der Waals surface area (Å²) in [6.45, 7) is 1.93. The Kier molecular flexibility index (Phi) is 2.65. The highest BCUT2D eigenvalue weighted by molar-refractivity contribution is 7.21. The van der Waals surface area contributed by atoms with Crippen LogP contribution in [0, 0.1) is 6.92 Å². The first-order valence-corrected chi connectivity index (χ1v) is 7.43. The molecule has 0 saturated heterocycles.